The Bertz CT molecular complexity index is 754. The number of carboxylic acid groups (broad SMARTS) is 1. The quantitative estimate of drug-likeness (QED) is 0.863. The van der Waals surface area contributed by atoms with Gasteiger partial charge < -0.3 is 14.9 Å². The molecule has 0 unspecified atom stereocenters. The Morgan fingerprint density at radius 2 is 1.92 bits per heavy atom. The molecular formula is C16H15ClN2O4S. The number of carbonyl (C=O) groups excluding carboxylic acids is 1. The maximum atomic E-state index is 12.4. The molecule has 6 nitrogen and oxygen atoms in total. The van der Waals surface area contributed by atoms with E-state index in [2.05, 4.69) is 10.5 Å². The highest BCUT2D eigenvalue weighted by Gasteiger charge is 2.41. The van der Waals surface area contributed by atoms with Crippen LogP contribution >= 0.6 is 23.4 Å². The number of aliphatic carboxylic acids is 1. The second kappa shape index (κ2) is 6.86. The lowest BCUT2D eigenvalue weighted by Gasteiger charge is -2.33. The molecule has 24 heavy (non-hydrogen) atoms. The van der Waals surface area contributed by atoms with Gasteiger partial charge in [0.25, 0.3) is 5.91 Å². The predicted molar refractivity (Wildman–Crippen MR) is 91.3 cm³/mol. The summed E-state index contributed by atoms with van der Waals surface area (Å²) in [7, 11) is 0. The van der Waals surface area contributed by atoms with Gasteiger partial charge in [-0.25, -0.2) is 4.79 Å². The van der Waals surface area contributed by atoms with E-state index in [9.17, 15) is 14.7 Å². The number of nitrogens with zero attached hydrogens (tertiary/aromatic N) is 1. The number of amides is 1. The van der Waals surface area contributed by atoms with Crippen LogP contribution in [0.15, 0.2) is 34.9 Å². The van der Waals surface area contributed by atoms with Gasteiger partial charge in [-0.3, -0.25) is 4.79 Å². The van der Waals surface area contributed by atoms with Crippen LogP contribution in [0.25, 0.3) is 11.3 Å². The Morgan fingerprint density at radius 1 is 1.25 bits per heavy atom. The Balaban J connectivity index is 1.78. The van der Waals surface area contributed by atoms with Gasteiger partial charge in [-0.05, 0) is 48.6 Å². The van der Waals surface area contributed by atoms with Crippen LogP contribution in [-0.2, 0) is 4.79 Å². The first-order valence-corrected chi connectivity index (χ1v) is 8.90. The second-order valence-electron chi connectivity index (χ2n) is 5.54. The summed E-state index contributed by atoms with van der Waals surface area (Å²) in [6.45, 7) is 0. The van der Waals surface area contributed by atoms with Crippen molar-refractivity contribution in [2.75, 3.05) is 11.5 Å². The maximum Gasteiger partial charge on any atom is 0.329 e. The lowest BCUT2D eigenvalue weighted by atomic mass is 9.92. The lowest BCUT2D eigenvalue weighted by Crippen LogP contribution is -2.56. The highest BCUT2D eigenvalue weighted by molar-refractivity contribution is 7.99. The van der Waals surface area contributed by atoms with E-state index in [1.54, 1.807) is 36.0 Å². The molecule has 1 aliphatic rings. The second-order valence-corrected chi connectivity index (χ2v) is 7.20. The molecule has 0 aliphatic carbocycles. The van der Waals surface area contributed by atoms with Crippen molar-refractivity contribution in [2.24, 2.45) is 0 Å². The van der Waals surface area contributed by atoms with Crippen LogP contribution in [0.5, 0.6) is 0 Å². The van der Waals surface area contributed by atoms with E-state index in [-0.39, 0.29) is 5.69 Å². The summed E-state index contributed by atoms with van der Waals surface area (Å²) >= 11 is 7.52. The molecule has 0 atom stereocenters. The van der Waals surface area contributed by atoms with Gasteiger partial charge in [0, 0.05) is 16.7 Å². The van der Waals surface area contributed by atoms with Crippen LogP contribution in [0, 0.1) is 0 Å². The number of hydrogen-bond donors (Lipinski definition) is 2. The minimum Gasteiger partial charge on any atom is -0.480 e. The summed E-state index contributed by atoms with van der Waals surface area (Å²) in [6, 6.07) is 8.41. The van der Waals surface area contributed by atoms with Gasteiger partial charge >= 0.3 is 5.97 Å². The van der Waals surface area contributed by atoms with Crippen molar-refractivity contribution in [2.45, 2.75) is 18.4 Å². The number of carbonyl (C=O) groups is 2. The molecule has 0 bridgehead atoms. The van der Waals surface area contributed by atoms with Gasteiger partial charge in [-0.1, -0.05) is 16.8 Å². The molecule has 1 aliphatic heterocycles. The minimum atomic E-state index is -1.23. The van der Waals surface area contributed by atoms with Crippen molar-refractivity contribution in [3.05, 3.63) is 41.0 Å². The molecule has 0 radical (unpaired) electrons. The molecule has 126 valence electrons. The van der Waals surface area contributed by atoms with Crippen LogP contribution < -0.4 is 5.32 Å². The van der Waals surface area contributed by atoms with Gasteiger partial charge in [-0.2, -0.15) is 11.8 Å². The number of hydrogen-bond acceptors (Lipinski definition) is 5. The molecule has 1 amide bonds. The number of nitrogens with one attached hydrogen (secondary N) is 1. The molecule has 2 aromatic rings. The highest BCUT2D eigenvalue weighted by Crippen LogP contribution is 2.28. The zero-order chi connectivity index (χ0) is 17.2. The Hall–Kier alpha value is -1.99. The SMILES string of the molecule is O=C(NC1(C(=O)O)CCSCC1)c1cc(-c2ccc(Cl)cc2)on1. The van der Waals surface area contributed by atoms with Gasteiger partial charge in [-0.15, -0.1) is 0 Å². The number of carboxylic acids is 1. The van der Waals surface area contributed by atoms with Crippen molar-refractivity contribution in [1.29, 1.82) is 0 Å². The first-order chi connectivity index (χ1) is 11.5. The lowest BCUT2D eigenvalue weighted by molar-refractivity contribution is -0.144. The zero-order valence-electron chi connectivity index (χ0n) is 12.6. The molecule has 1 aromatic heterocycles. The summed E-state index contributed by atoms with van der Waals surface area (Å²) in [5.74, 6) is 0.245. The van der Waals surface area contributed by atoms with Gasteiger partial charge in [0.05, 0.1) is 0 Å². The molecule has 3 rings (SSSR count). The summed E-state index contributed by atoms with van der Waals surface area (Å²) in [4.78, 5) is 24.0. The average molecular weight is 367 g/mol. The average Bonchev–Trinajstić information content (AvgIpc) is 3.06. The van der Waals surface area contributed by atoms with E-state index in [1.807, 2.05) is 0 Å². The molecule has 0 spiro atoms. The molecule has 1 aromatic carbocycles. The first-order valence-electron chi connectivity index (χ1n) is 7.36. The fraction of sp³-hybridized carbons (Fsp3) is 0.312. The number of rotatable bonds is 4. The molecule has 8 heteroatoms. The number of halogens is 1. The fourth-order valence-electron chi connectivity index (χ4n) is 2.53. The van der Waals surface area contributed by atoms with E-state index in [1.165, 1.54) is 6.07 Å². The van der Waals surface area contributed by atoms with Gasteiger partial charge in [0.15, 0.2) is 11.5 Å². The van der Waals surface area contributed by atoms with Crippen LogP contribution in [0.4, 0.5) is 0 Å². The summed E-state index contributed by atoms with van der Waals surface area (Å²) < 4.78 is 5.19. The van der Waals surface area contributed by atoms with Crippen molar-refractivity contribution in [3.8, 4) is 11.3 Å². The first kappa shape index (κ1) is 16.9. The number of aromatic nitrogens is 1. The van der Waals surface area contributed by atoms with Crippen molar-refractivity contribution >= 4 is 35.2 Å². The Labute approximate surface area is 147 Å². The van der Waals surface area contributed by atoms with Crippen molar-refractivity contribution < 1.29 is 19.2 Å². The minimum absolute atomic E-state index is 0.0544. The largest absolute Gasteiger partial charge is 0.480 e. The third kappa shape index (κ3) is 3.42. The summed E-state index contributed by atoms with van der Waals surface area (Å²) in [5, 5.41) is 16.5. The topological polar surface area (TPSA) is 92.4 Å². The van der Waals surface area contributed by atoms with E-state index in [4.69, 9.17) is 16.1 Å². The monoisotopic (exact) mass is 366 g/mol. The van der Waals surface area contributed by atoms with E-state index in [0.29, 0.717) is 35.1 Å². The van der Waals surface area contributed by atoms with E-state index >= 15 is 0 Å². The van der Waals surface area contributed by atoms with Crippen LogP contribution in [0.2, 0.25) is 5.02 Å². The third-order valence-electron chi connectivity index (χ3n) is 3.98. The number of thioether (sulfide) groups is 1. The van der Waals surface area contributed by atoms with Crippen LogP contribution in [0.1, 0.15) is 23.3 Å². The standard InChI is InChI=1S/C16H15ClN2O4S/c17-11-3-1-10(2-4-11)13-9-12(19-23-13)14(20)18-16(15(21)22)5-7-24-8-6-16/h1-4,9H,5-8H2,(H,18,20)(H,21,22). The van der Waals surface area contributed by atoms with Crippen molar-refractivity contribution in [3.63, 3.8) is 0 Å². The highest BCUT2D eigenvalue weighted by atomic mass is 35.5. The summed E-state index contributed by atoms with van der Waals surface area (Å²) in [5.41, 5.74) is -0.450. The molecular weight excluding hydrogens is 352 g/mol. The smallest absolute Gasteiger partial charge is 0.329 e. The Kier molecular flexibility index (Phi) is 4.82. The molecule has 2 N–H and O–H groups in total. The molecule has 1 fully saturated rings. The number of benzene rings is 1. The normalized spacial score (nSPS) is 16.5. The zero-order valence-corrected chi connectivity index (χ0v) is 14.2. The van der Waals surface area contributed by atoms with E-state index in [0.717, 1.165) is 5.56 Å². The molecule has 0 saturated carbocycles. The fourth-order valence-corrected chi connectivity index (χ4v) is 3.84. The predicted octanol–water partition coefficient (Wildman–Crippen LogP) is 3.08. The third-order valence-corrected chi connectivity index (χ3v) is 5.22. The maximum absolute atomic E-state index is 12.4. The Morgan fingerprint density at radius 3 is 2.54 bits per heavy atom. The summed E-state index contributed by atoms with van der Waals surface area (Å²) in [6.07, 6.45) is 0.779. The van der Waals surface area contributed by atoms with Crippen LogP contribution in [0.3, 0.4) is 0 Å². The van der Waals surface area contributed by atoms with Gasteiger partial charge in [0.2, 0.25) is 0 Å². The molecule has 1 saturated heterocycles. The van der Waals surface area contributed by atoms with E-state index < -0.39 is 17.4 Å². The van der Waals surface area contributed by atoms with Crippen LogP contribution in [-0.4, -0.2) is 39.2 Å². The molecule has 2 heterocycles. The van der Waals surface area contributed by atoms with Crippen molar-refractivity contribution in [1.82, 2.24) is 10.5 Å². The van der Waals surface area contributed by atoms with Gasteiger partial charge in [0.1, 0.15) is 5.54 Å².